The lowest BCUT2D eigenvalue weighted by Gasteiger charge is -1.92. The first-order chi connectivity index (χ1) is 6.33. The number of benzene rings is 1. The standard InChI is InChI=1S/C8H5FN2O2/c9-13-11-7-5-3-1-2-4-6(5)10-8(7)12/h1-4H,(H,10,11,12). The zero-order chi connectivity index (χ0) is 9.26. The molecule has 0 bridgehead atoms. The molecule has 0 fully saturated rings. The van der Waals surface area contributed by atoms with Gasteiger partial charge in [0.15, 0.2) is 5.71 Å². The van der Waals surface area contributed by atoms with Gasteiger partial charge in [0.25, 0.3) is 5.91 Å². The number of rotatable bonds is 1. The van der Waals surface area contributed by atoms with E-state index in [2.05, 4.69) is 15.5 Å². The third-order valence-electron chi connectivity index (χ3n) is 1.77. The van der Waals surface area contributed by atoms with E-state index in [1.165, 1.54) is 0 Å². The van der Waals surface area contributed by atoms with E-state index in [0.717, 1.165) is 0 Å². The second kappa shape index (κ2) is 2.85. The molecule has 1 N–H and O–H groups in total. The molecular weight excluding hydrogens is 175 g/mol. The van der Waals surface area contributed by atoms with Crippen LogP contribution in [-0.4, -0.2) is 11.6 Å². The van der Waals surface area contributed by atoms with Crippen LogP contribution < -0.4 is 5.32 Å². The molecule has 0 saturated heterocycles. The molecule has 0 atom stereocenters. The smallest absolute Gasteiger partial charge is 0.278 e. The molecular formula is C8H5FN2O2. The van der Waals surface area contributed by atoms with Crippen LogP contribution in [0.3, 0.4) is 0 Å². The van der Waals surface area contributed by atoms with Crippen LogP contribution in [0.25, 0.3) is 0 Å². The quantitative estimate of drug-likeness (QED) is 0.661. The summed E-state index contributed by atoms with van der Waals surface area (Å²) in [6.45, 7) is 0. The monoisotopic (exact) mass is 180 g/mol. The Morgan fingerprint density at radius 3 is 2.92 bits per heavy atom. The van der Waals surface area contributed by atoms with Gasteiger partial charge in [-0.25, -0.2) is 0 Å². The summed E-state index contributed by atoms with van der Waals surface area (Å²) in [6.07, 6.45) is 0. The number of fused-ring (bicyclic) bond motifs is 1. The van der Waals surface area contributed by atoms with Crippen LogP contribution in [0, 0.1) is 0 Å². The molecule has 0 spiro atoms. The highest BCUT2D eigenvalue weighted by Gasteiger charge is 2.26. The predicted octanol–water partition coefficient (Wildman–Crippen LogP) is 1.24. The van der Waals surface area contributed by atoms with Crippen molar-refractivity contribution in [3.05, 3.63) is 29.8 Å². The van der Waals surface area contributed by atoms with Crippen molar-refractivity contribution >= 4 is 17.3 Å². The van der Waals surface area contributed by atoms with Crippen molar-refractivity contribution < 1.29 is 14.4 Å². The molecule has 1 heterocycles. The van der Waals surface area contributed by atoms with Crippen LogP contribution in [0.1, 0.15) is 5.56 Å². The van der Waals surface area contributed by atoms with Crippen molar-refractivity contribution in [2.24, 2.45) is 5.16 Å². The van der Waals surface area contributed by atoms with Crippen LogP contribution in [0.5, 0.6) is 0 Å². The summed E-state index contributed by atoms with van der Waals surface area (Å²) in [6, 6.07) is 6.85. The first-order valence-electron chi connectivity index (χ1n) is 3.59. The highest BCUT2D eigenvalue weighted by atomic mass is 19.3. The number of amides is 1. The van der Waals surface area contributed by atoms with Crippen molar-refractivity contribution in [3.63, 3.8) is 0 Å². The molecule has 13 heavy (non-hydrogen) atoms. The van der Waals surface area contributed by atoms with Gasteiger partial charge in [0.2, 0.25) is 0 Å². The number of hydrogen-bond donors (Lipinski definition) is 1. The SMILES string of the molecule is O=C1Nc2ccccc2/C1=N\OF. The van der Waals surface area contributed by atoms with Crippen molar-refractivity contribution in [3.8, 4) is 0 Å². The molecule has 0 aromatic heterocycles. The number of nitrogens with zero attached hydrogens (tertiary/aromatic N) is 1. The van der Waals surface area contributed by atoms with Crippen LogP contribution in [0.4, 0.5) is 10.2 Å². The third kappa shape index (κ3) is 1.14. The minimum absolute atomic E-state index is 0.0434. The van der Waals surface area contributed by atoms with Gasteiger partial charge in [-0.05, 0) is 11.2 Å². The number of carbonyl (C=O) groups excluding carboxylic acids is 1. The van der Waals surface area contributed by atoms with Gasteiger partial charge in [0.05, 0.1) is 5.69 Å². The van der Waals surface area contributed by atoms with Crippen LogP contribution >= 0.6 is 0 Å². The number of carbonyl (C=O) groups is 1. The fourth-order valence-electron chi connectivity index (χ4n) is 1.23. The maximum absolute atomic E-state index is 11.4. The van der Waals surface area contributed by atoms with Gasteiger partial charge in [0.1, 0.15) is 0 Å². The zero-order valence-electron chi connectivity index (χ0n) is 6.45. The Kier molecular flexibility index (Phi) is 1.70. The number of oxime groups is 1. The summed E-state index contributed by atoms with van der Waals surface area (Å²) >= 11 is 0. The normalized spacial score (nSPS) is 17.0. The molecule has 1 aromatic rings. The van der Waals surface area contributed by atoms with E-state index in [9.17, 15) is 9.32 Å². The zero-order valence-corrected chi connectivity index (χ0v) is 6.45. The summed E-state index contributed by atoms with van der Waals surface area (Å²) in [7, 11) is 0. The molecule has 1 aliphatic rings. The highest BCUT2D eigenvalue weighted by molar-refractivity contribution is 6.53. The third-order valence-corrected chi connectivity index (χ3v) is 1.77. The molecule has 0 saturated carbocycles. The molecule has 0 unspecified atom stereocenters. The Labute approximate surface area is 72.9 Å². The maximum Gasteiger partial charge on any atom is 0.278 e. The van der Waals surface area contributed by atoms with Crippen LogP contribution in [-0.2, 0) is 9.84 Å². The first kappa shape index (κ1) is 7.72. The van der Waals surface area contributed by atoms with Crippen molar-refractivity contribution in [1.29, 1.82) is 0 Å². The molecule has 2 rings (SSSR count). The lowest BCUT2D eigenvalue weighted by atomic mass is 10.1. The summed E-state index contributed by atoms with van der Waals surface area (Å²) in [5.41, 5.74) is 1.12. The van der Waals surface area contributed by atoms with Gasteiger partial charge in [-0.1, -0.05) is 18.2 Å². The number of para-hydroxylation sites is 1. The van der Waals surface area contributed by atoms with Crippen molar-refractivity contribution in [2.75, 3.05) is 5.32 Å². The Hall–Kier alpha value is -1.91. The molecule has 1 aromatic carbocycles. The molecule has 0 radical (unpaired) electrons. The summed E-state index contributed by atoms with van der Waals surface area (Å²) in [4.78, 5) is 11.1. The number of nitrogens with one attached hydrogen (secondary N) is 1. The molecule has 1 aliphatic heterocycles. The molecule has 5 heteroatoms. The Balaban J connectivity index is 2.53. The summed E-state index contributed by atoms with van der Waals surface area (Å²) in [5.74, 6) is -0.459. The van der Waals surface area contributed by atoms with E-state index in [0.29, 0.717) is 11.3 Å². The van der Waals surface area contributed by atoms with Gasteiger partial charge < -0.3 is 5.32 Å². The fourth-order valence-corrected chi connectivity index (χ4v) is 1.23. The van der Waals surface area contributed by atoms with E-state index in [1.54, 1.807) is 24.3 Å². The van der Waals surface area contributed by atoms with Crippen molar-refractivity contribution in [1.82, 2.24) is 0 Å². The van der Waals surface area contributed by atoms with Crippen molar-refractivity contribution in [2.45, 2.75) is 0 Å². The Bertz CT molecular complexity index is 389. The van der Waals surface area contributed by atoms with Crippen LogP contribution in [0.15, 0.2) is 29.4 Å². The Morgan fingerprint density at radius 2 is 2.15 bits per heavy atom. The lowest BCUT2D eigenvalue weighted by molar-refractivity contribution is -0.132. The van der Waals surface area contributed by atoms with Gasteiger partial charge in [0, 0.05) is 10.1 Å². The van der Waals surface area contributed by atoms with E-state index in [-0.39, 0.29) is 5.71 Å². The van der Waals surface area contributed by atoms with E-state index < -0.39 is 5.91 Å². The number of anilines is 1. The molecule has 66 valence electrons. The minimum Gasteiger partial charge on any atom is -0.320 e. The van der Waals surface area contributed by atoms with Gasteiger partial charge in [-0.2, -0.15) is 5.04 Å². The largest absolute Gasteiger partial charge is 0.320 e. The average Bonchev–Trinajstić information content (AvgIpc) is 2.44. The first-order valence-corrected chi connectivity index (χ1v) is 3.59. The van der Waals surface area contributed by atoms with E-state index >= 15 is 0 Å². The lowest BCUT2D eigenvalue weighted by Crippen LogP contribution is -2.14. The number of halogens is 1. The fraction of sp³-hybridized carbons (Fsp3) is 0. The Morgan fingerprint density at radius 1 is 1.38 bits per heavy atom. The van der Waals surface area contributed by atoms with Gasteiger partial charge in [-0.15, -0.1) is 0 Å². The molecule has 1 amide bonds. The number of hydrogen-bond acceptors (Lipinski definition) is 3. The highest BCUT2D eigenvalue weighted by Crippen LogP contribution is 2.22. The second-order valence-corrected chi connectivity index (χ2v) is 2.51. The van der Waals surface area contributed by atoms with E-state index in [1.807, 2.05) is 0 Å². The maximum atomic E-state index is 11.4. The second-order valence-electron chi connectivity index (χ2n) is 2.51. The predicted molar refractivity (Wildman–Crippen MR) is 43.8 cm³/mol. The van der Waals surface area contributed by atoms with Gasteiger partial charge >= 0.3 is 0 Å². The summed E-state index contributed by atoms with van der Waals surface area (Å²) in [5, 5.41) is 8.58. The molecule has 0 aliphatic carbocycles. The summed E-state index contributed by atoms with van der Waals surface area (Å²) < 4.78 is 11.4. The topological polar surface area (TPSA) is 50.7 Å². The van der Waals surface area contributed by atoms with E-state index in [4.69, 9.17) is 0 Å². The average molecular weight is 180 g/mol. The van der Waals surface area contributed by atoms with Crippen LogP contribution in [0.2, 0.25) is 0 Å². The molecule has 4 nitrogen and oxygen atoms in total. The minimum atomic E-state index is -0.459. The van der Waals surface area contributed by atoms with Gasteiger partial charge in [-0.3, -0.25) is 4.79 Å².